The SMILES string of the molecule is CC(C)C12CC3CC(C)(C1)C32. The minimum Gasteiger partial charge on any atom is -0.0622 e. The van der Waals surface area contributed by atoms with E-state index in [0.29, 0.717) is 0 Å². The van der Waals surface area contributed by atoms with Crippen molar-refractivity contribution in [3.8, 4) is 0 Å². The minimum atomic E-state index is 0.827. The molecule has 0 bridgehead atoms. The maximum Gasteiger partial charge on any atom is -0.0230 e. The van der Waals surface area contributed by atoms with E-state index in [1.807, 2.05) is 0 Å². The van der Waals surface area contributed by atoms with Crippen LogP contribution >= 0.6 is 0 Å². The molecule has 3 rings (SSSR count). The predicted molar refractivity (Wildman–Crippen MR) is 46.2 cm³/mol. The van der Waals surface area contributed by atoms with E-state index in [2.05, 4.69) is 20.8 Å². The summed E-state index contributed by atoms with van der Waals surface area (Å²) in [6, 6.07) is 0. The lowest BCUT2D eigenvalue weighted by atomic mass is 9.21. The van der Waals surface area contributed by atoms with Crippen LogP contribution in [0.25, 0.3) is 0 Å². The van der Waals surface area contributed by atoms with Crippen molar-refractivity contribution in [1.82, 2.24) is 0 Å². The van der Waals surface area contributed by atoms with E-state index in [0.717, 1.165) is 28.6 Å². The van der Waals surface area contributed by atoms with Crippen molar-refractivity contribution in [2.24, 2.45) is 28.6 Å². The van der Waals surface area contributed by atoms with E-state index in [-0.39, 0.29) is 0 Å². The standard InChI is InChI=1S/C11H18/c1-7(2)11-5-8-4-10(3,6-11)9(8)11/h7-9H,4-6H2,1-3H3. The second-order valence-electron chi connectivity index (χ2n) is 5.86. The highest BCUT2D eigenvalue weighted by atomic mass is 14.8. The summed E-state index contributed by atoms with van der Waals surface area (Å²) in [6.45, 7) is 7.36. The number of hydrogen-bond acceptors (Lipinski definition) is 0. The maximum absolute atomic E-state index is 2.51. The fourth-order valence-corrected chi connectivity index (χ4v) is 4.84. The molecule has 0 aromatic heterocycles. The van der Waals surface area contributed by atoms with E-state index in [4.69, 9.17) is 0 Å². The van der Waals surface area contributed by atoms with Gasteiger partial charge in [0.05, 0.1) is 0 Å². The highest BCUT2D eigenvalue weighted by Gasteiger charge is 2.77. The molecule has 3 fully saturated rings. The molecule has 0 radical (unpaired) electrons. The van der Waals surface area contributed by atoms with Gasteiger partial charge in [0.15, 0.2) is 0 Å². The Balaban J connectivity index is 1.89. The van der Waals surface area contributed by atoms with E-state index in [1.165, 1.54) is 0 Å². The summed E-state index contributed by atoms with van der Waals surface area (Å²) in [6.07, 6.45) is 4.69. The molecule has 0 spiro atoms. The first-order valence-electron chi connectivity index (χ1n) is 5.08. The molecular formula is C11H18. The zero-order chi connectivity index (χ0) is 7.85. The third-order valence-electron chi connectivity index (χ3n) is 5.10. The average molecular weight is 150 g/mol. The van der Waals surface area contributed by atoms with Gasteiger partial charge in [-0.2, -0.15) is 0 Å². The molecule has 0 heterocycles. The van der Waals surface area contributed by atoms with Gasteiger partial charge in [-0.15, -0.1) is 0 Å². The van der Waals surface area contributed by atoms with Gasteiger partial charge < -0.3 is 0 Å². The van der Waals surface area contributed by atoms with Gasteiger partial charge in [-0.1, -0.05) is 20.8 Å². The minimum absolute atomic E-state index is 0.827. The summed E-state index contributed by atoms with van der Waals surface area (Å²) >= 11 is 0. The Kier molecular flexibility index (Phi) is 0.832. The third kappa shape index (κ3) is 0.443. The van der Waals surface area contributed by atoms with Crippen molar-refractivity contribution in [3.63, 3.8) is 0 Å². The van der Waals surface area contributed by atoms with Crippen molar-refractivity contribution in [2.75, 3.05) is 0 Å². The zero-order valence-electron chi connectivity index (χ0n) is 7.85. The van der Waals surface area contributed by atoms with Crippen LogP contribution in [-0.2, 0) is 0 Å². The van der Waals surface area contributed by atoms with E-state index < -0.39 is 0 Å². The Morgan fingerprint density at radius 1 is 1.27 bits per heavy atom. The molecule has 0 heteroatoms. The molecule has 0 N–H and O–H groups in total. The molecule has 4 atom stereocenters. The molecular weight excluding hydrogens is 132 g/mol. The van der Waals surface area contributed by atoms with Crippen LogP contribution in [0.4, 0.5) is 0 Å². The molecule has 0 amide bonds. The van der Waals surface area contributed by atoms with Crippen molar-refractivity contribution < 1.29 is 0 Å². The second kappa shape index (κ2) is 1.41. The quantitative estimate of drug-likeness (QED) is 0.539. The summed E-state index contributed by atoms with van der Waals surface area (Å²) in [5.74, 6) is 3.28. The zero-order valence-corrected chi connectivity index (χ0v) is 7.85. The largest absolute Gasteiger partial charge is 0.0622 e. The monoisotopic (exact) mass is 150 g/mol. The Morgan fingerprint density at radius 2 is 2.00 bits per heavy atom. The average Bonchev–Trinajstić information content (AvgIpc) is 1.84. The van der Waals surface area contributed by atoms with Crippen LogP contribution in [0.5, 0.6) is 0 Å². The van der Waals surface area contributed by atoms with Gasteiger partial charge in [-0.05, 0) is 47.8 Å². The predicted octanol–water partition coefficient (Wildman–Crippen LogP) is 3.08. The second-order valence-corrected chi connectivity index (χ2v) is 5.86. The fraction of sp³-hybridized carbons (Fsp3) is 1.00. The normalized spacial score (nSPS) is 64.4. The Hall–Kier alpha value is 0. The van der Waals surface area contributed by atoms with E-state index in [1.54, 1.807) is 19.3 Å². The highest BCUT2D eigenvalue weighted by molar-refractivity contribution is 5.26. The molecule has 3 aliphatic carbocycles. The first kappa shape index (κ1) is 6.51. The molecule has 3 saturated carbocycles. The van der Waals surface area contributed by atoms with Crippen LogP contribution in [0.3, 0.4) is 0 Å². The maximum atomic E-state index is 2.51. The fourth-order valence-electron chi connectivity index (χ4n) is 4.84. The summed E-state index contributed by atoms with van der Waals surface area (Å²) < 4.78 is 0. The third-order valence-corrected chi connectivity index (χ3v) is 5.10. The Labute approximate surface area is 69.4 Å². The summed E-state index contributed by atoms with van der Waals surface area (Å²) in [5.41, 5.74) is 1.67. The van der Waals surface area contributed by atoms with Crippen molar-refractivity contribution >= 4 is 0 Å². The van der Waals surface area contributed by atoms with Gasteiger partial charge in [0.25, 0.3) is 0 Å². The van der Waals surface area contributed by atoms with Gasteiger partial charge in [0, 0.05) is 0 Å². The summed E-state index contributed by atoms with van der Waals surface area (Å²) in [5, 5.41) is 0. The van der Waals surface area contributed by atoms with Crippen LogP contribution < -0.4 is 0 Å². The van der Waals surface area contributed by atoms with Gasteiger partial charge >= 0.3 is 0 Å². The van der Waals surface area contributed by atoms with Gasteiger partial charge in [-0.25, -0.2) is 0 Å². The first-order valence-corrected chi connectivity index (χ1v) is 5.08. The van der Waals surface area contributed by atoms with Crippen LogP contribution in [0, 0.1) is 28.6 Å². The Morgan fingerprint density at radius 3 is 2.27 bits per heavy atom. The van der Waals surface area contributed by atoms with Crippen LogP contribution in [0.15, 0.2) is 0 Å². The molecule has 4 unspecified atom stereocenters. The molecule has 0 nitrogen and oxygen atoms in total. The first-order chi connectivity index (χ1) is 5.08. The summed E-state index contributed by atoms with van der Waals surface area (Å²) in [7, 11) is 0. The van der Waals surface area contributed by atoms with E-state index in [9.17, 15) is 0 Å². The smallest absolute Gasteiger partial charge is 0.0230 e. The van der Waals surface area contributed by atoms with Gasteiger partial charge in [-0.3, -0.25) is 0 Å². The highest BCUT2D eigenvalue weighted by Crippen LogP contribution is 2.85. The summed E-state index contributed by atoms with van der Waals surface area (Å²) in [4.78, 5) is 0. The lowest BCUT2D eigenvalue weighted by Gasteiger charge is -2.83. The van der Waals surface area contributed by atoms with E-state index >= 15 is 0 Å². The molecule has 0 aromatic carbocycles. The molecule has 62 valence electrons. The van der Waals surface area contributed by atoms with Crippen molar-refractivity contribution in [3.05, 3.63) is 0 Å². The number of rotatable bonds is 1. The van der Waals surface area contributed by atoms with Gasteiger partial charge in [0.2, 0.25) is 0 Å². The van der Waals surface area contributed by atoms with Crippen LogP contribution in [-0.4, -0.2) is 0 Å². The van der Waals surface area contributed by atoms with Crippen molar-refractivity contribution in [1.29, 1.82) is 0 Å². The van der Waals surface area contributed by atoms with Crippen molar-refractivity contribution in [2.45, 2.75) is 40.0 Å². The van der Waals surface area contributed by atoms with Gasteiger partial charge in [0.1, 0.15) is 0 Å². The lowest BCUT2D eigenvalue weighted by molar-refractivity contribution is -0.344. The molecule has 0 saturated heterocycles. The topological polar surface area (TPSA) is 0 Å². The lowest BCUT2D eigenvalue weighted by Crippen LogP contribution is -2.76. The van der Waals surface area contributed by atoms with Crippen LogP contribution in [0.1, 0.15) is 40.0 Å². The molecule has 11 heavy (non-hydrogen) atoms. The number of hydrogen-bond donors (Lipinski definition) is 0. The molecule has 0 aromatic rings. The molecule has 0 aliphatic heterocycles. The molecule has 3 aliphatic rings. The Bertz CT molecular complexity index is 218. The van der Waals surface area contributed by atoms with Crippen LogP contribution in [0.2, 0.25) is 0 Å².